The van der Waals surface area contributed by atoms with Gasteiger partial charge in [-0.05, 0) is 22.0 Å². The minimum absolute atomic E-state index is 0.286. The molecule has 20 heavy (non-hydrogen) atoms. The van der Waals surface area contributed by atoms with E-state index >= 15 is 0 Å². The van der Waals surface area contributed by atoms with E-state index in [0.29, 0.717) is 17.8 Å². The molecule has 108 valence electrons. The highest BCUT2D eigenvalue weighted by atomic mass is 79.9. The Kier molecular flexibility index (Phi) is 5.14. The van der Waals surface area contributed by atoms with Gasteiger partial charge in [0.2, 0.25) is 11.7 Å². The number of halogens is 1. The van der Waals surface area contributed by atoms with E-state index in [1.807, 2.05) is 18.2 Å². The number of aryl methyl sites for hydroxylation is 1. The zero-order valence-corrected chi connectivity index (χ0v) is 13.4. The summed E-state index contributed by atoms with van der Waals surface area (Å²) in [5, 5.41) is 7.20. The van der Waals surface area contributed by atoms with Gasteiger partial charge in [-0.15, -0.1) is 0 Å². The van der Waals surface area contributed by atoms with Crippen LogP contribution in [-0.2, 0) is 13.2 Å². The normalized spacial score (nSPS) is 11.1. The number of para-hydroxylation sites is 1. The number of hydrogen-bond donors (Lipinski definition) is 1. The summed E-state index contributed by atoms with van der Waals surface area (Å²) >= 11 is 3.52. The number of hydrogen-bond acceptors (Lipinski definition) is 5. The first-order chi connectivity index (χ1) is 9.56. The molecule has 0 radical (unpaired) electrons. The van der Waals surface area contributed by atoms with Crippen molar-refractivity contribution >= 4 is 15.9 Å². The van der Waals surface area contributed by atoms with Crippen LogP contribution in [0, 0.1) is 6.92 Å². The molecule has 0 aliphatic rings. The molecule has 0 saturated carbocycles. The Bertz CT molecular complexity index is 569. The van der Waals surface area contributed by atoms with Crippen molar-refractivity contribution in [2.24, 2.45) is 0 Å². The maximum atomic E-state index is 5.83. The maximum absolute atomic E-state index is 5.83. The number of benzene rings is 1. The highest BCUT2D eigenvalue weighted by Crippen LogP contribution is 2.29. The summed E-state index contributed by atoms with van der Waals surface area (Å²) < 4.78 is 11.7. The van der Waals surface area contributed by atoms with Gasteiger partial charge in [0, 0.05) is 25.1 Å². The minimum atomic E-state index is 0.286. The molecule has 6 heteroatoms. The number of nitrogens with one attached hydrogen (secondary N) is 1. The Morgan fingerprint density at radius 2 is 2.20 bits per heavy atom. The third kappa shape index (κ3) is 4.05. The van der Waals surface area contributed by atoms with Crippen LogP contribution < -0.4 is 10.1 Å². The lowest BCUT2D eigenvalue weighted by Crippen LogP contribution is -2.22. The fourth-order valence-electron chi connectivity index (χ4n) is 1.71. The molecule has 0 fully saturated rings. The minimum Gasteiger partial charge on any atom is -0.484 e. The highest BCUT2D eigenvalue weighted by molar-refractivity contribution is 9.10. The predicted octanol–water partition coefficient (Wildman–Crippen LogP) is 3.22. The van der Waals surface area contributed by atoms with Crippen LogP contribution in [0.15, 0.2) is 27.2 Å². The summed E-state index contributed by atoms with van der Waals surface area (Å²) in [6.45, 7) is 7.01. The largest absolute Gasteiger partial charge is 0.484 e. The van der Waals surface area contributed by atoms with E-state index in [4.69, 9.17) is 9.26 Å². The van der Waals surface area contributed by atoms with Gasteiger partial charge in [-0.3, -0.25) is 0 Å². The Balaban J connectivity index is 2.08. The molecule has 0 unspecified atom stereocenters. The number of nitrogens with zero attached hydrogens (tertiary/aromatic N) is 2. The Morgan fingerprint density at radius 1 is 1.40 bits per heavy atom. The van der Waals surface area contributed by atoms with Crippen molar-refractivity contribution in [1.29, 1.82) is 0 Å². The van der Waals surface area contributed by atoms with Gasteiger partial charge in [0.15, 0.2) is 6.61 Å². The number of ether oxygens (including phenoxy) is 1. The van der Waals surface area contributed by atoms with Gasteiger partial charge in [0.25, 0.3) is 0 Å². The summed E-state index contributed by atoms with van der Waals surface area (Å²) in [7, 11) is 0. The quantitative estimate of drug-likeness (QED) is 0.875. The number of rotatable bonds is 6. The third-order valence-corrected chi connectivity index (χ3v) is 3.29. The molecule has 0 amide bonds. The monoisotopic (exact) mass is 339 g/mol. The Morgan fingerprint density at radius 3 is 2.85 bits per heavy atom. The summed E-state index contributed by atoms with van der Waals surface area (Å²) in [6, 6.07) is 6.40. The second-order valence-electron chi connectivity index (χ2n) is 4.78. The zero-order chi connectivity index (χ0) is 14.5. The van der Waals surface area contributed by atoms with Crippen LogP contribution in [0.2, 0.25) is 0 Å². The van der Waals surface area contributed by atoms with Crippen LogP contribution in [0.3, 0.4) is 0 Å². The summed E-state index contributed by atoms with van der Waals surface area (Å²) in [6.07, 6.45) is 0. The molecule has 1 heterocycles. The lowest BCUT2D eigenvalue weighted by Gasteiger charge is -2.14. The lowest BCUT2D eigenvalue weighted by molar-refractivity contribution is 0.280. The topological polar surface area (TPSA) is 60.2 Å². The first-order valence-corrected chi connectivity index (χ1v) is 7.28. The van der Waals surface area contributed by atoms with Crippen LogP contribution in [0.5, 0.6) is 5.75 Å². The van der Waals surface area contributed by atoms with Crippen LogP contribution in [0.1, 0.15) is 31.1 Å². The summed E-state index contributed by atoms with van der Waals surface area (Å²) in [5.74, 6) is 1.89. The summed E-state index contributed by atoms with van der Waals surface area (Å²) in [4.78, 5) is 4.13. The fraction of sp³-hybridized carbons (Fsp3) is 0.429. The highest BCUT2D eigenvalue weighted by Gasteiger charge is 2.10. The van der Waals surface area contributed by atoms with Crippen LogP contribution in [0.4, 0.5) is 0 Å². The maximum Gasteiger partial charge on any atom is 0.223 e. The smallest absolute Gasteiger partial charge is 0.223 e. The lowest BCUT2D eigenvalue weighted by atomic mass is 10.2. The van der Waals surface area contributed by atoms with Crippen molar-refractivity contribution in [3.05, 3.63) is 40.0 Å². The van der Waals surface area contributed by atoms with Gasteiger partial charge < -0.3 is 14.6 Å². The van der Waals surface area contributed by atoms with Gasteiger partial charge in [-0.1, -0.05) is 31.1 Å². The van der Waals surface area contributed by atoms with Crippen molar-refractivity contribution in [2.45, 2.75) is 40.0 Å². The van der Waals surface area contributed by atoms with Crippen molar-refractivity contribution < 1.29 is 9.26 Å². The Hall–Kier alpha value is -1.40. The molecule has 0 atom stereocenters. The van der Waals surface area contributed by atoms with E-state index in [1.165, 1.54) is 0 Å². The molecular weight excluding hydrogens is 322 g/mol. The average molecular weight is 340 g/mol. The SMILES string of the molecule is Cc1nc(COc2c(Br)cccc2CNC(C)C)no1. The zero-order valence-electron chi connectivity index (χ0n) is 11.8. The molecule has 1 N–H and O–H groups in total. The van der Waals surface area contributed by atoms with Crippen LogP contribution >= 0.6 is 15.9 Å². The molecule has 2 rings (SSSR count). The molecule has 2 aromatic rings. The van der Waals surface area contributed by atoms with Crippen molar-refractivity contribution in [2.75, 3.05) is 0 Å². The molecule has 1 aromatic heterocycles. The first kappa shape index (κ1) is 15.0. The number of aromatic nitrogens is 2. The molecular formula is C14H18BrN3O2. The van der Waals surface area contributed by atoms with Crippen molar-refractivity contribution in [3.63, 3.8) is 0 Å². The molecule has 0 aliphatic carbocycles. The second-order valence-corrected chi connectivity index (χ2v) is 5.64. The molecule has 0 bridgehead atoms. The van der Waals surface area contributed by atoms with Crippen LogP contribution in [0.25, 0.3) is 0 Å². The van der Waals surface area contributed by atoms with Crippen molar-refractivity contribution in [3.8, 4) is 5.75 Å². The summed E-state index contributed by atoms with van der Waals surface area (Å²) in [5.41, 5.74) is 1.09. The molecule has 1 aromatic carbocycles. The average Bonchev–Trinajstić information content (AvgIpc) is 2.81. The molecule has 5 nitrogen and oxygen atoms in total. The van der Waals surface area contributed by atoms with E-state index < -0.39 is 0 Å². The fourth-order valence-corrected chi connectivity index (χ4v) is 2.23. The first-order valence-electron chi connectivity index (χ1n) is 6.49. The van der Waals surface area contributed by atoms with Gasteiger partial charge in [-0.2, -0.15) is 4.98 Å². The van der Waals surface area contributed by atoms with Gasteiger partial charge >= 0.3 is 0 Å². The van der Waals surface area contributed by atoms with E-state index in [-0.39, 0.29) is 6.61 Å². The van der Waals surface area contributed by atoms with E-state index in [1.54, 1.807) is 6.92 Å². The second kappa shape index (κ2) is 6.85. The predicted molar refractivity (Wildman–Crippen MR) is 79.5 cm³/mol. The van der Waals surface area contributed by atoms with Gasteiger partial charge in [0.1, 0.15) is 5.75 Å². The van der Waals surface area contributed by atoms with Gasteiger partial charge in [-0.25, -0.2) is 0 Å². The van der Waals surface area contributed by atoms with E-state index in [0.717, 1.165) is 22.3 Å². The van der Waals surface area contributed by atoms with Gasteiger partial charge in [0.05, 0.1) is 4.47 Å². The van der Waals surface area contributed by atoms with Crippen molar-refractivity contribution in [1.82, 2.24) is 15.5 Å². The Labute approximate surface area is 126 Å². The van der Waals surface area contributed by atoms with E-state index in [2.05, 4.69) is 45.2 Å². The van der Waals surface area contributed by atoms with Crippen LogP contribution in [-0.4, -0.2) is 16.2 Å². The molecule has 0 spiro atoms. The third-order valence-electron chi connectivity index (χ3n) is 2.66. The molecule has 0 aliphatic heterocycles. The van der Waals surface area contributed by atoms with E-state index in [9.17, 15) is 0 Å². The molecule has 0 saturated heterocycles. The standard InChI is InChI=1S/C14H18BrN3O2/c1-9(2)16-7-11-5-4-6-12(15)14(11)19-8-13-17-10(3)20-18-13/h4-6,9,16H,7-8H2,1-3H3.